The first-order valence-electron chi connectivity index (χ1n) is 6.36. The minimum absolute atomic E-state index is 0.0586. The van der Waals surface area contributed by atoms with Crippen molar-refractivity contribution in [2.24, 2.45) is 0 Å². The van der Waals surface area contributed by atoms with Crippen LogP contribution in [0.25, 0.3) is 0 Å². The van der Waals surface area contributed by atoms with Gasteiger partial charge in [0.2, 0.25) is 0 Å². The number of rotatable bonds is 4. The standard InChI is InChI=1S/C7H7ClO2S.C6H11NO3S/c1-6-2-4-7(5-3-6)11(8,9)10;1-11-3-5-4(2-8)7-6(9)10-5/h2-5H,1H3;4-5,8H,2-3H2,1H3,(H,7,9)/t;4-,5-/m.1/s1. The molecule has 124 valence electrons. The van der Waals surface area contributed by atoms with Gasteiger partial charge in [-0.2, -0.15) is 11.8 Å². The summed E-state index contributed by atoms with van der Waals surface area (Å²) in [5.41, 5.74) is 1.01. The maximum Gasteiger partial charge on any atom is 0.407 e. The van der Waals surface area contributed by atoms with Crippen LogP contribution in [0.4, 0.5) is 4.79 Å². The van der Waals surface area contributed by atoms with Crippen molar-refractivity contribution in [3.8, 4) is 0 Å². The molecular formula is C13H18ClNO5S2. The molecule has 2 rings (SSSR count). The summed E-state index contributed by atoms with van der Waals surface area (Å²) in [4.78, 5) is 10.8. The van der Waals surface area contributed by atoms with E-state index in [4.69, 9.17) is 20.5 Å². The molecule has 1 aliphatic heterocycles. The third kappa shape index (κ3) is 6.04. The molecule has 9 heteroatoms. The second-order valence-corrected chi connectivity index (χ2v) is 8.06. The average Bonchev–Trinajstić information content (AvgIpc) is 2.79. The largest absolute Gasteiger partial charge is 0.443 e. The Morgan fingerprint density at radius 1 is 1.36 bits per heavy atom. The summed E-state index contributed by atoms with van der Waals surface area (Å²) in [7, 11) is 1.54. The van der Waals surface area contributed by atoms with Crippen molar-refractivity contribution in [3.63, 3.8) is 0 Å². The third-order valence-corrected chi connectivity index (χ3v) is 4.87. The molecule has 0 unspecified atom stereocenters. The minimum Gasteiger partial charge on any atom is -0.443 e. The lowest BCUT2D eigenvalue weighted by molar-refractivity contribution is 0.132. The Morgan fingerprint density at radius 2 is 1.95 bits per heavy atom. The van der Waals surface area contributed by atoms with Crippen LogP contribution in [0.15, 0.2) is 29.2 Å². The number of aryl methyl sites for hydroxylation is 1. The van der Waals surface area contributed by atoms with Crippen LogP contribution >= 0.6 is 22.4 Å². The summed E-state index contributed by atoms with van der Waals surface area (Å²) in [6.45, 7) is 1.82. The second kappa shape index (κ2) is 8.61. The van der Waals surface area contributed by atoms with Crippen LogP contribution in [0.1, 0.15) is 5.56 Å². The molecule has 1 amide bonds. The van der Waals surface area contributed by atoms with Crippen LogP contribution in [-0.2, 0) is 13.8 Å². The monoisotopic (exact) mass is 367 g/mol. The number of carbonyl (C=O) groups is 1. The highest BCUT2D eigenvalue weighted by molar-refractivity contribution is 8.13. The molecule has 1 aliphatic rings. The van der Waals surface area contributed by atoms with Crippen LogP contribution in [0.2, 0.25) is 0 Å². The maximum atomic E-state index is 10.7. The zero-order valence-corrected chi connectivity index (χ0v) is 14.5. The number of hydrogen-bond donors (Lipinski definition) is 2. The summed E-state index contributed by atoms with van der Waals surface area (Å²) in [5.74, 6) is 0.726. The van der Waals surface area contributed by atoms with Crippen LogP contribution in [-0.4, -0.2) is 50.4 Å². The third-order valence-electron chi connectivity index (χ3n) is 2.84. The molecule has 1 fully saturated rings. The number of hydrogen-bond acceptors (Lipinski definition) is 6. The van der Waals surface area contributed by atoms with E-state index < -0.39 is 15.1 Å². The number of aliphatic hydroxyl groups is 1. The van der Waals surface area contributed by atoms with Crippen molar-refractivity contribution in [3.05, 3.63) is 29.8 Å². The normalized spacial score (nSPS) is 20.6. The number of ether oxygens (including phenoxy) is 1. The van der Waals surface area contributed by atoms with Gasteiger partial charge in [-0.05, 0) is 25.3 Å². The fourth-order valence-electron chi connectivity index (χ4n) is 1.68. The zero-order valence-electron chi connectivity index (χ0n) is 12.2. The van der Waals surface area contributed by atoms with Gasteiger partial charge in [0.1, 0.15) is 6.10 Å². The predicted octanol–water partition coefficient (Wildman–Crippen LogP) is 1.74. The SMILES string of the molecule is CSC[C@H]1OC(=O)N[C@@H]1CO.Cc1ccc(S(=O)(=O)Cl)cc1. The highest BCUT2D eigenvalue weighted by Gasteiger charge is 2.32. The van der Waals surface area contributed by atoms with Gasteiger partial charge in [-0.25, -0.2) is 13.2 Å². The van der Waals surface area contributed by atoms with Crippen molar-refractivity contribution in [2.75, 3.05) is 18.6 Å². The molecule has 1 aromatic rings. The fourth-order valence-corrected chi connectivity index (χ4v) is 3.08. The van der Waals surface area contributed by atoms with Crippen molar-refractivity contribution in [1.82, 2.24) is 5.32 Å². The van der Waals surface area contributed by atoms with E-state index in [9.17, 15) is 13.2 Å². The highest BCUT2D eigenvalue weighted by atomic mass is 35.7. The van der Waals surface area contributed by atoms with E-state index in [1.807, 2.05) is 13.2 Å². The van der Waals surface area contributed by atoms with Gasteiger partial charge in [0.15, 0.2) is 0 Å². The van der Waals surface area contributed by atoms with Crippen molar-refractivity contribution in [1.29, 1.82) is 0 Å². The predicted molar refractivity (Wildman–Crippen MR) is 86.9 cm³/mol. The lowest BCUT2D eigenvalue weighted by Crippen LogP contribution is -2.36. The number of nitrogens with one attached hydrogen (secondary N) is 1. The quantitative estimate of drug-likeness (QED) is 0.787. The van der Waals surface area contributed by atoms with Gasteiger partial charge in [0.05, 0.1) is 17.5 Å². The Kier molecular flexibility index (Phi) is 7.47. The van der Waals surface area contributed by atoms with Crippen LogP contribution in [0.3, 0.4) is 0 Å². The van der Waals surface area contributed by atoms with Gasteiger partial charge in [-0.3, -0.25) is 0 Å². The van der Waals surface area contributed by atoms with Crippen molar-refractivity contribution >= 4 is 37.6 Å². The van der Waals surface area contributed by atoms with Gasteiger partial charge in [-0.1, -0.05) is 17.7 Å². The van der Waals surface area contributed by atoms with E-state index in [1.165, 1.54) is 12.1 Å². The van der Waals surface area contributed by atoms with Gasteiger partial charge in [-0.15, -0.1) is 0 Å². The summed E-state index contributed by atoms with van der Waals surface area (Å²) in [5, 5.41) is 11.3. The molecule has 1 aromatic carbocycles. The molecule has 0 aromatic heterocycles. The fraction of sp³-hybridized carbons (Fsp3) is 0.462. The molecule has 0 spiro atoms. The zero-order chi connectivity index (χ0) is 16.8. The Balaban J connectivity index is 0.000000220. The molecule has 1 saturated heterocycles. The number of carbonyl (C=O) groups excluding carboxylic acids is 1. The molecule has 0 saturated carbocycles. The Hall–Kier alpha value is -0.960. The first-order valence-corrected chi connectivity index (χ1v) is 10.1. The summed E-state index contributed by atoms with van der Waals surface area (Å²) < 4.78 is 26.3. The molecule has 0 bridgehead atoms. The molecule has 1 heterocycles. The van der Waals surface area contributed by atoms with Gasteiger partial charge in [0.25, 0.3) is 9.05 Å². The lowest BCUT2D eigenvalue weighted by Gasteiger charge is -2.12. The number of benzene rings is 1. The minimum atomic E-state index is -3.55. The number of halogens is 1. The first kappa shape index (κ1) is 19.1. The molecule has 22 heavy (non-hydrogen) atoms. The van der Waals surface area contributed by atoms with E-state index in [0.29, 0.717) is 0 Å². The van der Waals surface area contributed by atoms with Crippen LogP contribution in [0, 0.1) is 6.92 Å². The van der Waals surface area contributed by atoms with Crippen molar-refractivity contribution < 1.29 is 23.1 Å². The highest BCUT2D eigenvalue weighted by Crippen LogP contribution is 2.14. The Labute approximate surface area is 138 Å². The number of aliphatic hydroxyl groups excluding tert-OH is 1. The first-order chi connectivity index (χ1) is 10.3. The molecule has 2 atom stereocenters. The van der Waals surface area contributed by atoms with Gasteiger partial charge >= 0.3 is 6.09 Å². The molecule has 0 radical (unpaired) electrons. The Bertz CT molecular complexity index is 591. The number of amides is 1. The molecule has 2 N–H and O–H groups in total. The van der Waals surface area contributed by atoms with Gasteiger partial charge < -0.3 is 15.2 Å². The summed E-state index contributed by atoms with van der Waals surface area (Å²) in [6.07, 6.45) is 1.33. The number of cyclic esters (lactones) is 1. The van der Waals surface area contributed by atoms with Crippen molar-refractivity contribution in [2.45, 2.75) is 24.0 Å². The van der Waals surface area contributed by atoms with E-state index >= 15 is 0 Å². The Morgan fingerprint density at radius 3 is 2.41 bits per heavy atom. The van der Waals surface area contributed by atoms with Gasteiger partial charge in [0, 0.05) is 16.4 Å². The molecule has 6 nitrogen and oxygen atoms in total. The van der Waals surface area contributed by atoms with Crippen LogP contribution < -0.4 is 5.32 Å². The lowest BCUT2D eigenvalue weighted by atomic mass is 10.2. The average molecular weight is 368 g/mol. The molecular weight excluding hydrogens is 350 g/mol. The van der Waals surface area contributed by atoms with E-state index in [1.54, 1.807) is 23.9 Å². The number of alkyl carbamates (subject to hydrolysis) is 1. The maximum absolute atomic E-state index is 10.7. The number of thioether (sulfide) groups is 1. The molecule has 0 aliphatic carbocycles. The van der Waals surface area contributed by atoms with Crippen LogP contribution in [0.5, 0.6) is 0 Å². The van der Waals surface area contributed by atoms with E-state index in [2.05, 4.69) is 5.32 Å². The van der Waals surface area contributed by atoms with E-state index in [-0.39, 0.29) is 23.6 Å². The summed E-state index contributed by atoms with van der Waals surface area (Å²) >= 11 is 1.59. The topological polar surface area (TPSA) is 92.7 Å². The van der Waals surface area contributed by atoms with E-state index in [0.717, 1.165) is 11.3 Å². The summed E-state index contributed by atoms with van der Waals surface area (Å²) in [6, 6.07) is 6.15. The second-order valence-electron chi connectivity index (χ2n) is 4.58. The smallest absolute Gasteiger partial charge is 0.407 e.